The zero-order valence-electron chi connectivity index (χ0n) is 10.2. The van der Waals surface area contributed by atoms with Gasteiger partial charge in [0.25, 0.3) is 0 Å². The molecule has 1 N–H and O–H groups in total. The summed E-state index contributed by atoms with van der Waals surface area (Å²) in [5.74, 6) is 0.616. The van der Waals surface area contributed by atoms with E-state index in [0.717, 1.165) is 40.0 Å². The number of benzene rings is 1. The van der Waals surface area contributed by atoms with Crippen molar-refractivity contribution in [2.24, 2.45) is 0 Å². The first-order valence-electron chi connectivity index (χ1n) is 5.93. The molecule has 0 aliphatic carbocycles. The Morgan fingerprint density at radius 2 is 2.17 bits per heavy atom. The molecule has 0 unspecified atom stereocenters. The van der Waals surface area contributed by atoms with Crippen LogP contribution in [0.15, 0.2) is 28.8 Å². The summed E-state index contributed by atoms with van der Waals surface area (Å²) in [6, 6.07) is 6.63. The van der Waals surface area contributed by atoms with Gasteiger partial charge in [-0.3, -0.25) is 0 Å². The monoisotopic (exact) mass is 244 g/mol. The zero-order valence-corrected chi connectivity index (χ0v) is 10.2. The van der Waals surface area contributed by atoms with E-state index in [1.165, 1.54) is 12.1 Å². The van der Waals surface area contributed by atoms with Gasteiger partial charge in [-0.2, -0.15) is 0 Å². The first-order valence-corrected chi connectivity index (χ1v) is 5.93. The molecular formula is C14H13FN2O. The second kappa shape index (κ2) is 3.98. The van der Waals surface area contributed by atoms with E-state index in [0.29, 0.717) is 0 Å². The minimum atomic E-state index is -0.231. The minimum absolute atomic E-state index is 0.231. The van der Waals surface area contributed by atoms with Crippen molar-refractivity contribution in [3.63, 3.8) is 0 Å². The number of rotatable bonds is 2. The van der Waals surface area contributed by atoms with E-state index >= 15 is 0 Å². The standard InChI is InChI=1S/C14H13FN2O/c1-3-13-14(8(2)17-18-13)12-7-9-6-10(15)4-5-11(9)16-12/h4-7,16H,3H2,1-2H3. The molecule has 0 spiro atoms. The van der Waals surface area contributed by atoms with Gasteiger partial charge in [0, 0.05) is 17.3 Å². The highest BCUT2D eigenvalue weighted by Crippen LogP contribution is 2.30. The van der Waals surface area contributed by atoms with E-state index in [1.54, 1.807) is 6.07 Å². The van der Waals surface area contributed by atoms with E-state index in [1.807, 2.05) is 19.9 Å². The Bertz CT molecular complexity index is 712. The highest BCUT2D eigenvalue weighted by atomic mass is 19.1. The van der Waals surface area contributed by atoms with Crippen LogP contribution in [0.5, 0.6) is 0 Å². The Morgan fingerprint density at radius 1 is 1.33 bits per heavy atom. The Hall–Kier alpha value is -2.10. The molecule has 4 heteroatoms. The molecule has 0 amide bonds. The number of halogens is 1. The highest BCUT2D eigenvalue weighted by molar-refractivity contribution is 5.86. The second-order valence-corrected chi connectivity index (χ2v) is 4.33. The molecule has 0 saturated carbocycles. The quantitative estimate of drug-likeness (QED) is 0.744. The fourth-order valence-electron chi connectivity index (χ4n) is 2.24. The Morgan fingerprint density at radius 3 is 2.94 bits per heavy atom. The number of H-pyrrole nitrogens is 1. The predicted octanol–water partition coefficient (Wildman–Crippen LogP) is 3.83. The first kappa shape index (κ1) is 11.0. The molecule has 92 valence electrons. The van der Waals surface area contributed by atoms with E-state index in [-0.39, 0.29) is 5.82 Å². The van der Waals surface area contributed by atoms with Crippen molar-refractivity contribution in [3.05, 3.63) is 41.5 Å². The van der Waals surface area contributed by atoms with Crippen molar-refractivity contribution in [2.75, 3.05) is 0 Å². The predicted molar refractivity (Wildman–Crippen MR) is 67.9 cm³/mol. The van der Waals surface area contributed by atoms with Crippen LogP contribution in [-0.2, 0) is 6.42 Å². The third kappa shape index (κ3) is 1.61. The second-order valence-electron chi connectivity index (χ2n) is 4.33. The summed E-state index contributed by atoms with van der Waals surface area (Å²) in [5.41, 5.74) is 3.66. The maximum atomic E-state index is 13.2. The van der Waals surface area contributed by atoms with Crippen molar-refractivity contribution in [3.8, 4) is 11.3 Å². The molecule has 0 fully saturated rings. The molecule has 0 aliphatic heterocycles. The SMILES string of the molecule is CCc1onc(C)c1-c1cc2cc(F)ccc2[nH]1. The number of hydrogen-bond acceptors (Lipinski definition) is 2. The average molecular weight is 244 g/mol. The summed E-state index contributed by atoms with van der Waals surface area (Å²) in [5, 5.41) is 4.84. The van der Waals surface area contributed by atoms with Gasteiger partial charge in [-0.15, -0.1) is 0 Å². The lowest BCUT2D eigenvalue weighted by Gasteiger charge is -1.96. The van der Waals surface area contributed by atoms with Gasteiger partial charge in [-0.1, -0.05) is 12.1 Å². The molecule has 3 rings (SSSR count). The highest BCUT2D eigenvalue weighted by Gasteiger charge is 2.15. The number of aromatic nitrogens is 2. The number of nitrogens with zero attached hydrogens (tertiary/aromatic N) is 1. The van der Waals surface area contributed by atoms with E-state index in [9.17, 15) is 4.39 Å². The zero-order chi connectivity index (χ0) is 12.7. The molecule has 1 aromatic carbocycles. The molecule has 2 heterocycles. The van der Waals surface area contributed by atoms with Crippen LogP contribution < -0.4 is 0 Å². The van der Waals surface area contributed by atoms with Crippen LogP contribution in [0.1, 0.15) is 18.4 Å². The van der Waals surface area contributed by atoms with Gasteiger partial charge in [-0.25, -0.2) is 4.39 Å². The molecule has 0 saturated heterocycles. The first-order chi connectivity index (χ1) is 8.69. The van der Waals surface area contributed by atoms with Gasteiger partial charge in [0.15, 0.2) is 0 Å². The van der Waals surface area contributed by atoms with E-state index in [4.69, 9.17) is 4.52 Å². The summed E-state index contributed by atoms with van der Waals surface area (Å²) in [6.45, 7) is 3.93. The van der Waals surface area contributed by atoms with Crippen molar-refractivity contribution < 1.29 is 8.91 Å². The van der Waals surface area contributed by atoms with Crippen LogP contribution >= 0.6 is 0 Å². The number of hydrogen-bond donors (Lipinski definition) is 1. The fourth-order valence-corrected chi connectivity index (χ4v) is 2.24. The number of aryl methyl sites for hydroxylation is 2. The van der Waals surface area contributed by atoms with Crippen LogP contribution in [-0.4, -0.2) is 10.1 Å². The maximum absolute atomic E-state index is 13.2. The van der Waals surface area contributed by atoms with Crippen LogP contribution in [0, 0.1) is 12.7 Å². The lowest BCUT2D eigenvalue weighted by Crippen LogP contribution is -1.84. The van der Waals surface area contributed by atoms with Crippen molar-refractivity contribution in [1.82, 2.24) is 10.1 Å². The third-order valence-corrected chi connectivity index (χ3v) is 3.11. The summed E-state index contributed by atoms with van der Waals surface area (Å²) in [7, 11) is 0. The topological polar surface area (TPSA) is 41.8 Å². The number of fused-ring (bicyclic) bond motifs is 1. The molecular weight excluding hydrogens is 231 g/mol. The smallest absolute Gasteiger partial charge is 0.146 e. The lowest BCUT2D eigenvalue weighted by molar-refractivity contribution is 0.383. The largest absolute Gasteiger partial charge is 0.360 e. The van der Waals surface area contributed by atoms with Gasteiger partial charge in [0.05, 0.1) is 17.0 Å². The van der Waals surface area contributed by atoms with Gasteiger partial charge in [0.2, 0.25) is 0 Å². The Labute approximate surface area is 104 Å². The van der Waals surface area contributed by atoms with Crippen LogP contribution in [0.25, 0.3) is 22.2 Å². The third-order valence-electron chi connectivity index (χ3n) is 3.11. The van der Waals surface area contributed by atoms with Crippen LogP contribution in [0.2, 0.25) is 0 Å². The molecule has 0 bridgehead atoms. The lowest BCUT2D eigenvalue weighted by atomic mass is 10.1. The average Bonchev–Trinajstić information content (AvgIpc) is 2.91. The van der Waals surface area contributed by atoms with Gasteiger partial charge in [-0.05, 0) is 31.2 Å². The molecule has 18 heavy (non-hydrogen) atoms. The summed E-state index contributed by atoms with van der Waals surface area (Å²) in [4.78, 5) is 3.27. The molecule has 2 aromatic heterocycles. The fraction of sp³-hybridized carbons (Fsp3) is 0.214. The van der Waals surface area contributed by atoms with Gasteiger partial charge in [0.1, 0.15) is 11.6 Å². The van der Waals surface area contributed by atoms with Crippen LogP contribution in [0.4, 0.5) is 4.39 Å². The maximum Gasteiger partial charge on any atom is 0.146 e. The van der Waals surface area contributed by atoms with Crippen molar-refractivity contribution in [1.29, 1.82) is 0 Å². The van der Waals surface area contributed by atoms with Crippen LogP contribution in [0.3, 0.4) is 0 Å². The van der Waals surface area contributed by atoms with E-state index < -0.39 is 0 Å². The summed E-state index contributed by atoms with van der Waals surface area (Å²) in [6.07, 6.45) is 0.778. The van der Waals surface area contributed by atoms with Crippen molar-refractivity contribution in [2.45, 2.75) is 20.3 Å². The number of nitrogens with one attached hydrogen (secondary N) is 1. The van der Waals surface area contributed by atoms with E-state index in [2.05, 4.69) is 10.1 Å². The summed E-state index contributed by atoms with van der Waals surface area (Å²) < 4.78 is 18.4. The Balaban J connectivity index is 2.22. The Kier molecular flexibility index (Phi) is 2.44. The van der Waals surface area contributed by atoms with Crippen molar-refractivity contribution >= 4 is 10.9 Å². The molecule has 0 radical (unpaired) electrons. The molecule has 0 atom stereocenters. The minimum Gasteiger partial charge on any atom is -0.360 e. The normalized spacial score (nSPS) is 11.3. The van der Waals surface area contributed by atoms with Gasteiger partial charge < -0.3 is 9.51 Å². The molecule has 3 nitrogen and oxygen atoms in total. The summed E-state index contributed by atoms with van der Waals surface area (Å²) >= 11 is 0. The molecule has 0 aliphatic rings. The van der Waals surface area contributed by atoms with Gasteiger partial charge >= 0.3 is 0 Å². The molecule has 3 aromatic rings. The number of aromatic amines is 1.